The number of hydrogen-bond acceptors (Lipinski definition) is 2. The quantitative estimate of drug-likeness (QED) is 0.737. The molecule has 0 aliphatic rings. The van der Waals surface area contributed by atoms with Gasteiger partial charge in [0.1, 0.15) is 5.69 Å². The molecule has 3 heteroatoms. The van der Waals surface area contributed by atoms with Gasteiger partial charge in [-0.05, 0) is 6.92 Å². The fourth-order valence-corrected chi connectivity index (χ4v) is 1.29. The third-order valence-corrected chi connectivity index (χ3v) is 2.08. The molecule has 0 bridgehead atoms. The van der Waals surface area contributed by atoms with Crippen LogP contribution in [0.25, 0.3) is 11.3 Å². The largest absolute Gasteiger partial charge is 0.287 e. The van der Waals surface area contributed by atoms with E-state index in [1.165, 1.54) is 0 Å². The molecule has 14 heavy (non-hydrogen) atoms. The summed E-state index contributed by atoms with van der Waals surface area (Å²) in [6.07, 6.45) is 1.61. The van der Waals surface area contributed by atoms with Gasteiger partial charge in [-0.15, -0.1) is 0 Å². The second-order valence-electron chi connectivity index (χ2n) is 3.11. The molecule has 1 aromatic heterocycles. The van der Waals surface area contributed by atoms with Crippen molar-refractivity contribution in [1.82, 2.24) is 10.2 Å². The normalized spacial score (nSPS) is 10.1. The third kappa shape index (κ3) is 1.44. The molecule has 2 rings (SSSR count). The number of rotatable bonds is 1. The van der Waals surface area contributed by atoms with Crippen molar-refractivity contribution < 1.29 is 0 Å². The Kier molecular flexibility index (Phi) is 2.14. The maximum absolute atomic E-state index is 11.7. The average Bonchev–Trinajstić information content (AvgIpc) is 2.23. The van der Waals surface area contributed by atoms with Crippen molar-refractivity contribution in [2.75, 3.05) is 0 Å². The molecule has 0 radical (unpaired) electrons. The van der Waals surface area contributed by atoms with Crippen LogP contribution in [0.2, 0.25) is 0 Å². The van der Waals surface area contributed by atoms with Crippen molar-refractivity contribution >= 4 is 0 Å². The first-order chi connectivity index (χ1) is 6.79. The van der Waals surface area contributed by atoms with E-state index >= 15 is 0 Å². The van der Waals surface area contributed by atoms with Crippen LogP contribution in [0.3, 0.4) is 0 Å². The molecular weight excluding hydrogens is 176 g/mol. The molecule has 0 spiro atoms. The Bertz CT molecular complexity index is 488. The zero-order valence-electron chi connectivity index (χ0n) is 7.82. The molecular formula is C11H10N2O. The van der Waals surface area contributed by atoms with Crippen LogP contribution in [0, 0.1) is 6.92 Å². The maximum atomic E-state index is 11.7. The second kappa shape index (κ2) is 3.46. The summed E-state index contributed by atoms with van der Waals surface area (Å²) in [7, 11) is 0. The van der Waals surface area contributed by atoms with Crippen LogP contribution >= 0.6 is 0 Å². The summed E-state index contributed by atoms with van der Waals surface area (Å²) in [5, 5.41) is 6.69. The molecule has 1 aromatic carbocycles. The summed E-state index contributed by atoms with van der Waals surface area (Å²) < 4.78 is 0. The molecule has 0 saturated carbocycles. The van der Waals surface area contributed by atoms with Gasteiger partial charge in [0.25, 0.3) is 0 Å². The van der Waals surface area contributed by atoms with Crippen molar-refractivity contribution in [1.29, 1.82) is 0 Å². The lowest BCUT2D eigenvalue weighted by Gasteiger charge is -1.99. The summed E-state index contributed by atoms with van der Waals surface area (Å²) in [6.45, 7) is 1.77. The SMILES string of the molecule is Cc1c[nH]nc(-c2ccccc2)c1=O. The Morgan fingerprint density at radius 3 is 2.64 bits per heavy atom. The lowest BCUT2D eigenvalue weighted by Crippen LogP contribution is -2.11. The molecule has 0 fully saturated rings. The molecule has 0 aliphatic carbocycles. The van der Waals surface area contributed by atoms with E-state index < -0.39 is 0 Å². The maximum Gasteiger partial charge on any atom is 0.210 e. The molecule has 2 aromatic rings. The van der Waals surface area contributed by atoms with Crippen molar-refractivity contribution in [2.24, 2.45) is 0 Å². The van der Waals surface area contributed by atoms with Crippen LogP contribution in [0.4, 0.5) is 0 Å². The Balaban J connectivity index is 2.64. The Morgan fingerprint density at radius 1 is 1.21 bits per heavy atom. The predicted octanol–water partition coefficient (Wildman–Crippen LogP) is 1.75. The minimum atomic E-state index is -0.0186. The predicted molar refractivity (Wildman–Crippen MR) is 55.0 cm³/mol. The van der Waals surface area contributed by atoms with Gasteiger partial charge in [-0.1, -0.05) is 30.3 Å². The van der Waals surface area contributed by atoms with Gasteiger partial charge in [-0.25, -0.2) is 0 Å². The molecule has 0 unspecified atom stereocenters. The number of nitrogens with one attached hydrogen (secondary N) is 1. The number of aromatic amines is 1. The minimum Gasteiger partial charge on any atom is -0.287 e. The van der Waals surface area contributed by atoms with Crippen LogP contribution in [0.1, 0.15) is 5.56 Å². The van der Waals surface area contributed by atoms with Crippen LogP contribution < -0.4 is 5.43 Å². The van der Waals surface area contributed by atoms with E-state index in [1.54, 1.807) is 13.1 Å². The highest BCUT2D eigenvalue weighted by Crippen LogP contribution is 2.10. The van der Waals surface area contributed by atoms with Crippen molar-refractivity contribution in [3.05, 3.63) is 52.3 Å². The molecule has 1 heterocycles. The molecule has 1 N–H and O–H groups in total. The van der Waals surface area contributed by atoms with Crippen molar-refractivity contribution in [2.45, 2.75) is 6.92 Å². The monoisotopic (exact) mass is 186 g/mol. The minimum absolute atomic E-state index is 0.0186. The van der Waals surface area contributed by atoms with E-state index in [4.69, 9.17) is 0 Å². The van der Waals surface area contributed by atoms with Gasteiger partial charge in [-0.2, -0.15) is 5.10 Å². The van der Waals surface area contributed by atoms with Crippen LogP contribution in [-0.4, -0.2) is 10.2 Å². The smallest absolute Gasteiger partial charge is 0.210 e. The Hall–Kier alpha value is -1.90. The molecule has 3 nitrogen and oxygen atoms in total. The summed E-state index contributed by atoms with van der Waals surface area (Å²) in [5.74, 6) is 0. The molecule has 70 valence electrons. The van der Waals surface area contributed by atoms with E-state index in [2.05, 4.69) is 10.2 Å². The van der Waals surface area contributed by atoms with Crippen LogP contribution in [0.5, 0.6) is 0 Å². The number of H-pyrrole nitrogens is 1. The summed E-state index contributed by atoms with van der Waals surface area (Å²) in [5.41, 5.74) is 1.98. The first kappa shape index (κ1) is 8.69. The van der Waals surface area contributed by atoms with Gasteiger partial charge in [0.2, 0.25) is 5.43 Å². The van der Waals surface area contributed by atoms with Gasteiger partial charge in [0, 0.05) is 17.3 Å². The fraction of sp³-hybridized carbons (Fsp3) is 0.0909. The average molecular weight is 186 g/mol. The van der Waals surface area contributed by atoms with Gasteiger partial charge in [0.05, 0.1) is 0 Å². The van der Waals surface area contributed by atoms with E-state index in [-0.39, 0.29) is 5.43 Å². The van der Waals surface area contributed by atoms with Crippen molar-refractivity contribution in [3.8, 4) is 11.3 Å². The third-order valence-electron chi connectivity index (χ3n) is 2.08. The number of benzene rings is 1. The molecule has 0 atom stereocenters. The first-order valence-electron chi connectivity index (χ1n) is 4.39. The number of nitrogens with zero attached hydrogens (tertiary/aromatic N) is 1. The summed E-state index contributed by atoms with van der Waals surface area (Å²) >= 11 is 0. The van der Waals surface area contributed by atoms with Crippen LogP contribution in [0.15, 0.2) is 41.3 Å². The highest BCUT2D eigenvalue weighted by atomic mass is 16.1. The van der Waals surface area contributed by atoms with Gasteiger partial charge in [-0.3, -0.25) is 9.89 Å². The number of aromatic nitrogens is 2. The zero-order valence-corrected chi connectivity index (χ0v) is 7.82. The molecule has 0 amide bonds. The van der Waals surface area contributed by atoms with Crippen molar-refractivity contribution in [3.63, 3.8) is 0 Å². The first-order valence-corrected chi connectivity index (χ1v) is 4.39. The van der Waals surface area contributed by atoms with E-state index in [9.17, 15) is 4.79 Å². The second-order valence-corrected chi connectivity index (χ2v) is 3.11. The number of aryl methyl sites for hydroxylation is 1. The van der Waals surface area contributed by atoms with Crippen LogP contribution in [-0.2, 0) is 0 Å². The Labute approximate surface area is 81.4 Å². The summed E-state index contributed by atoms with van der Waals surface area (Å²) in [6, 6.07) is 9.43. The number of hydrogen-bond donors (Lipinski definition) is 1. The van der Waals surface area contributed by atoms with E-state index in [0.717, 1.165) is 5.56 Å². The highest BCUT2D eigenvalue weighted by molar-refractivity contribution is 5.58. The van der Waals surface area contributed by atoms with Gasteiger partial charge < -0.3 is 0 Å². The molecule has 0 aliphatic heterocycles. The summed E-state index contributed by atoms with van der Waals surface area (Å²) in [4.78, 5) is 11.7. The lowest BCUT2D eigenvalue weighted by molar-refractivity contribution is 1.01. The van der Waals surface area contributed by atoms with E-state index in [1.807, 2.05) is 30.3 Å². The topological polar surface area (TPSA) is 45.8 Å². The Morgan fingerprint density at radius 2 is 1.93 bits per heavy atom. The van der Waals surface area contributed by atoms with Gasteiger partial charge in [0.15, 0.2) is 0 Å². The zero-order chi connectivity index (χ0) is 9.97. The fourth-order valence-electron chi connectivity index (χ4n) is 1.29. The van der Waals surface area contributed by atoms with Gasteiger partial charge >= 0.3 is 0 Å². The van der Waals surface area contributed by atoms with E-state index in [0.29, 0.717) is 11.3 Å². The standard InChI is InChI=1S/C11H10N2O/c1-8-7-12-13-10(11(8)14)9-5-3-2-4-6-9/h2-7H,1H3,(H,12,14). The molecule has 0 saturated heterocycles. The highest BCUT2D eigenvalue weighted by Gasteiger charge is 2.04. The lowest BCUT2D eigenvalue weighted by atomic mass is 10.1.